The van der Waals surface area contributed by atoms with Gasteiger partial charge in [0, 0.05) is 19.9 Å². The minimum absolute atomic E-state index is 0.0813. The number of hydrogen-bond acceptors (Lipinski definition) is 4. The molecular weight excluding hydrogens is 234 g/mol. The van der Waals surface area contributed by atoms with Crippen molar-refractivity contribution in [3.8, 4) is 0 Å². The number of rotatable bonds is 2. The first-order chi connectivity index (χ1) is 8.49. The molecule has 18 heavy (non-hydrogen) atoms. The third kappa shape index (κ3) is 2.24. The third-order valence-electron chi connectivity index (χ3n) is 2.84. The van der Waals surface area contributed by atoms with E-state index in [0.717, 1.165) is 11.4 Å². The summed E-state index contributed by atoms with van der Waals surface area (Å²) >= 11 is 0. The van der Waals surface area contributed by atoms with Gasteiger partial charge in [0.05, 0.1) is 17.1 Å². The predicted molar refractivity (Wildman–Crippen MR) is 66.1 cm³/mol. The van der Waals surface area contributed by atoms with Crippen LogP contribution in [-0.2, 0) is 9.59 Å². The average Bonchev–Trinajstić information content (AvgIpc) is 2.64. The van der Waals surface area contributed by atoms with Crippen molar-refractivity contribution >= 4 is 23.2 Å². The van der Waals surface area contributed by atoms with Gasteiger partial charge in [-0.2, -0.15) is 10.2 Å². The van der Waals surface area contributed by atoms with Gasteiger partial charge >= 0.3 is 0 Å². The Bertz CT molecular complexity index is 512. The Morgan fingerprint density at radius 2 is 2.11 bits per heavy atom. The van der Waals surface area contributed by atoms with Crippen LogP contribution in [0.4, 0.5) is 5.69 Å². The summed E-state index contributed by atoms with van der Waals surface area (Å²) in [6.07, 6.45) is 0.678. The lowest BCUT2D eigenvalue weighted by Gasteiger charge is -2.18. The lowest BCUT2D eigenvalue weighted by atomic mass is 10.1. The highest BCUT2D eigenvalue weighted by Gasteiger charge is 2.23. The van der Waals surface area contributed by atoms with Gasteiger partial charge in [0.2, 0.25) is 5.91 Å². The zero-order chi connectivity index (χ0) is 13.3. The van der Waals surface area contributed by atoms with E-state index in [1.165, 1.54) is 5.01 Å². The van der Waals surface area contributed by atoms with E-state index < -0.39 is 0 Å². The molecule has 0 radical (unpaired) electrons. The zero-order valence-electron chi connectivity index (χ0n) is 10.6. The van der Waals surface area contributed by atoms with Gasteiger partial charge in [-0.15, -0.1) is 0 Å². The van der Waals surface area contributed by atoms with Crippen LogP contribution < -0.4 is 5.32 Å². The maximum atomic E-state index is 12.0. The van der Waals surface area contributed by atoms with Crippen LogP contribution in [0, 0.1) is 13.8 Å². The molecule has 2 heterocycles. The summed E-state index contributed by atoms with van der Waals surface area (Å²) < 4.78 is 0. The van der Waals surface area contributed by atoms with Crippen molar-refractivity contribution in [1.29, 1.82) is 0 Å². The van der Waals surface area contributed by atoms with Crippen LogP contribution in [0.1, 0.15) is 24.2 Å². The van der Waals surface area contributed by atoms with E-state index in [1.807, 2.05) is 6.92 Å². The molecule has 1 aromatic rings. The van der Waals surface area contributed by atoms with Crippen molar-refractivity contribution in [2.24, 2.45) is 5.10 Å². The molecule has 2 amide bonds. The number of aromatic amines is 1. The SMILES string of the molecule is Cc1n[nH]c(C)c1NC(=O)C1=NN(C)C(=O)CC1. The third-order valence-corrected chi connectivity index (χ3v) is 2.84. The van der Waals surface area contributed by atoms with E-state index in [2.05, 4.69) is 20.6 Å². The fourth-order valence-electron chi connectivity index (χ4n) is 1.75. The molecule has 2 N–H and O–H groups in total. The van der Waals surface area contributed by atoms with E-state index in [0.29, 0.717) is 24.2 Å². The Balaban J connectivity index is 2.14. The number of hydrazone groups is 1. The Kier molecular flexibility index (Phi) is 3.14. The second-order valence-electron chi connectivity index (χ2n) is 4.23. The fourth-order valence-corrected chi connectivity index (χ4v) is 1.75. The number of H-pyrrole nitrogens is 1. The fraction of sp³-hybridized carbons (Fsp3) is 0.455. The number of amides is 2. The van der Waals surface area contributed by atoms with Crippen molar-refractivity contribution < 1.29 is 9.59 Å². The van der Waals surface area contributed by atoms with Crippen molar-refractivity contribution in [3.05, 3.63) is 11.4 Å². The van der Waals surface area contributed by atoms with Gasteiger partial charge in [-0.05, 0) is 13.8 Å². The second-order valence-corrected chi connectivity index (χ2v) is 4.23. The number of carbonyl (C=O) groups excluding carboxylic acids is 2. The van der Waals surface area contributed by atoms with E-state index in [9.17, 15) is 9.59 Å². The van der Waals surface area contributed by atoms with Crippen molar-refractivity contribution in [2.75, 3.05) is 12.4 Å². The van der Waals surface area contributed by atoms with E-state index in [1.54, 1.807) is 14.0 Å². The molecule has 0 spiro atoms. The molecule has 0 aromatic carbocycles. The van der Waals surface area contributed by atoms with Crippen LogP contribution in [-0.4, -0.2) is 39.8 Å². The molecule has 0 atom stereocenters. The first-order valence-corrected chi connectivity index (χ1v) is 5.66. The minimum Gasteiger partial charge on any atom is -0.318 e. The number of anilines is 1. The second kappa shape index (κ2) is 4.59. The highest BCUT2D eigenvalue weighted by Crippen LogP contribution is 2.17. The molecule has 1 aromatic heterocycles. The van der Waals surface area contributed by atoms with Crippen LogP contribution in [0.5, 0.6) is 0 Å². The number of nitrogens with one attached hydrogen (secondary N) is 2. The topological polar surface area (TPSA) is 90.4 Å². The van der Waals surface area contributed by atoms with Gasteiger partial charge in [-0.25, -0.2) is 5.01 Å². The number of aromatic nitrogens is 2. The summed E-state index contributed by atoms with van der Waals surface area (Å²) in [4.78, 5) is 23.3. The van der Waals surface area contributed by atoms with Gasteiger partial charge in [0.25, 0.3) is 5.91 Å². The smallest absolute Gasteiger partial charge is 0.271 e. The quantitative estimate of drug-likeness (QED) is 0.803. The highest BCUT2D eigenvalue weighted by atomic mass is 16.2. The summed E-state index contributed by atoms with van der Waals surface area (Å²) in [5.41, 5.74) is 2.54. The molecule has 7 nitrogen and oxygen atoms in total. The Morgan fingerprint density at radius 1 is 1.39 bits per heavy atom. The van der Waals surface area contributed by atoms with Crippen LogP contribution >= 0.6 is 0 Å². The van der Waals surface area contributed by atoms with Gasteiger partial charge in [-0.1, -0.05) is 0 Å². The van der Waals surface area contributed by atoms with Gasteiger partial charge in [0.1, 0.15) is 5.71 Å². The van der Waals surface area contributed by atoms with Crippen molar-refractivity contribution in [1.82, 2.24) is 15.2 Å². The zero-order valence-corrected chi connectivity index (χ0v) is 10.6. The molecule has 0 aliphatic carbocycles. The molecule has 0 fully saturated rings. The lowest BCUT2D eigenvalue weighted by molar-refractivity contribution is -0.130. The van der Waals surface area contributed by atoms with Crippen LogP contribution in [0.25, 0.3) is 0 Å². The molecule has 2 rings (SSSR count). The largest absolute Gasteiger partial charge is 0.318 e. The minimum atomic E-state index is -0.290. The maximum absolute atomic E-state index is 12.0. The van der Waals surface area contributed by atoms with Crippen LogP contribution in [0.3, 0.4) is 0 Å². The van der Waals surface area contributed by atoms with Crippen molar-refractivity contribution in [2.45, 2.75) is 26.7 Å². The van der Waals surface area contributed by atoms with Gasteiger partial charge in [0.15, 0.2) is 0 Å². The Labute approximate surface area is 104 Å². The monoisotopic (exact) mass is 249 g/mol. The summed E-state index contributed by atoms with van der Waals surface area (Å²) in [5, 5.41) is 14.7. The molecule has 0 saturated heterocycles. The molecule has 96 valence electrons. The molecule has 0 bridgehead atoms. The van der Waals surface area contributed by atoms with Crippen LogP contribution in [0.2, 0.25) is 0 Å². The first kappa shape index (κ1) is 12.3. The van der Waals surface area contributed by atoms with Gasteiger partial charge < -0.3 is 5.32 Å². The number of aryl methyl sites for hydroxylation is 2. The molecule has 1 aliphatic heterocycles. The molecule has 0 saturated carbocycles. The van der Waals surface area contributed by atoms with Gasteiger partial charge in [-0.3, -0.25) is 14.7 Å². The first-order valence-electron chi connectivity index (χ1n) is 5.66. The predicted octanol–water partition coefficient (Wildman–Crippen LogP) is 0.573. The standard InChI is InChI=1S/C11H15N5O2/c1-6-10(7(2)14-13-6)12-11(18)8-4-5-9(17)16(3)15-8/h4-5H2,1-3H3,(H,12,18)(H,13,14). The van der Waals surface area contributed by atoms with E-state index in [-0.39, 0.29) is 11.8 Å². The summed E-state index contributed by atoms with van der Waals surface area (Å²) in [6, 6.07) is 0. The summed E-state index contributed by atoms with van der Waals surface area (Å²) in [7, 11) is 1.54. The average molecular weight is 249 g/mol. The summed E-state index contributed by atoms with van der Waals surface area (Å²) in [6.45, 7) is 3.63. The molecule has 7 heteroatoms. The van der Waals surface area contributed by atoms with Crippen molar-refractivity contribution in [3.63, 3.8) is 0 Å². The van der Waals surface area contributed by atoms with E-state index >= 15 is 0 Å². The molecule has 1 aliphatic rings. The molecule has 0 unspecified atom stereocenters. The molecular formula is C11H15N5O2. The lowest BCUT2D eigenvalue weighted by Crippen LogP contribution is -2.34. The number of carbonyl (C=O) groups is 2. The Morgan fingerprint density at radius 3 is 2.67 bits per heavy atom. The summed E-state index contributed by atoms with van der Waals surface area (Å²) in [5.74, 6) is -0.371. The Hall–Kier alpha value is -2.18. The maximum Gasteiger partial charge on any atom is 0.271 e. The van der Waals surface area contributed by atoms with Crippen LogP contribution in [0.15, 0.2) is 5.10 Å². The highest BCUT2D eigenvalue weighted by molar-refractivity contribution is 6.43. The van der Waals surface area contributed by atoms with E-state index in [4.69, 9.17) is 0 Å². The number of nitrogens with zero attached hydrogens (tertiary/aromatic N) is 3. The number of hydrogen-bond donors (Lipinski definition) is 2. The normalized spacial score (nSPS) is 15.6.